The van der Waals surface area contributed by atoms with Gasteiger partial charge in [-0.15, -0.1) is 12.4 Å². The first kappa shape index (κ1) is 17.3. The summed E-state index contributed by atoms with van der Waals surface area (Å²) in [6.45, 7) is 2.40. The van der Waals surface area contributed by atoms with E-state index < -0.39 is 26.6 Å². The maximum atomic E-state index is 13.6. The van der Waals surface area contributed by atoms with Crippen molar-refractivity contribution in [3.05, 3.63) is 29.8 Å². The molecule has 0 radical (unpaired) electrons. The molecular formula is C12H17ClF2N2O2S. The van der Waals surface area contributed by atoms with E-state index in [2.05, 4.69) is 0 Å². The Hall–Kier alpha value is -0.760. The maximum absolute atomic E-state index is 13.6. The predicted molar refractivity (Wildman–Crippen MR) is 74.1 cm³/mol. The van der Waals surface area contributed by atoms with Crippen molar-refractivity contribution in [1.29, 1.82) is 0 Å². The van der Waals surface area contributed by atoms with Crippen LogP contribution in [0.25, 0.3) is 0 Å². The molecule has 1 heterocycles. The fourth-order valence-electron chi connectivity index (χ4n) is 2.22. The first-order valence-corrected chi connectivity index (χ1v) is 7.47. The zero-order valence-electron chi connectivity index (χ0n) is 10.9. The summed E-state index contributed by atoms with van der Waals surface area (Å²) in [4.78, 5) is -0.487. The summed E-state index contributed by atoms with van der Waals surface area (Å²) in [5.74, 6) is -1.80. The van der Waals surface area contributed by atoms with Gasteiger partial charge in [0.05, 0.1) is 0 Å². The molecule has 0 bridgehead atoms. The molecule has 2 atom stereocenters. The van der Waals surface area contributed by atoms with E-state index in [1.54, 1.807) is 0 Å². The molecule has 2 rings (SSSR count). The largest absolute Gasteiger partial charge is 0.328 e. The molecule has 1 saturated heterocycles. The Balaban J connectivity index is 0.00000200. The molecule has 20 heavy (non-hydrogen) atoms. The third kappa shape index (κ3) is 3.28. The number of nitrogens with two attached hydrogens (primary N) is 1. The fraction of sp³-hybridized carbons (Fsp3) is 0.500. The minimum atomic E-state index is -3.92. The van der Waals surface area contributed by atoms with Gasteiger partial charge in [0.25, 0.3) is 0 Å². The van der Waals surface area contributed by atoms with E-state index in [1.807, 2.05) is 6.92 Å². The molecular weight excluding hydrogens is 310 g/mol. The van der Waals surface area contributed by atoms with Gasteiger partial charge in [-0.25, -0.2) is 17.2 Å². The second kappa shape index (κ2) is 6.34. The van der Waals surface area contributed by atoms with E-state index in [0.29, 0.717) is 19.0 Å². The van der Waals surface area contributed by atoms with Crippen LogP contribution in [0.1, 0.15) is 13.3 Å². The van der Waals surface area contributed by atoms with Gasteiger partial charge in [0, 0.05) is 25.2 Å². The molecule has 4 nitrogen and oxygen atoms in total. The summed E-state index contributed by atoms with van der Waals surface area (Å²) in [7, 11) is -3.92. The molecule has 1 aromatic carbocycles. The summed E-state index contributed by atoms with van der Waals surface area (Å²) >= 11 is 0. The van der Waals surface area contributed by atoms with Crippen molar-refractivity contribution in [1.82, 2.24) is 4.31 Å². The molecule has 1 aromatic rings. The average molecular weight is 327 g/mol. The monoisotopic (exact) mass is 326 g/mol. The quantitative estimate of drug-likeness (QED) is 0.920. The van der Waals surface area contributed by atoms with Gasteiger partial charge in [0.15, 0.2) is 0 Å². The summed E-state index contributed by atoms with van der Waals surface area (Å²) in [6.07, 6.45) is 0.652. The van der Waals surface area contributed by atoms with Crippen LogP contribution in [0.15, 0.2) is 23.1 Å². The van der Waals surface area contributed by atoms with Crippen molar-refractivity contribution in [3.63, 3.8) is 0 Å². The Labute approximate surface area is 123 Å². The lowest BCUT2D eigenvalue weighted by Crippen LogP contribution is -2.33. The van der Waals surface area contributed by atoms with Gasteiger partial charge in [-0.2, -0.15) is 4.31 Å². The van der Waals surface area contributed by atoms with Crippen LogP contribution < -0.4 is 5.73 Å². The van der Waals surface area contributed by atoms with Crippen molar-refractivity contribution in [3.8, 4) is 0 Å². The van der Waals surface area contributed by atoms with Gasteiger partial charge in [-0.1, -0.05) is 0 Å². The number of halogens is 3. The van der Waals surface area contributed by atoms with Crippen LogP contribution in [0.5, 0.6) is 0 Å². The number of nitrogens with zero attached hydrogens (tertiary/aromatic N) is 1. The standard InChI is InChI=1S/C12H16F2N2O2S.ClH/c1-8(15)9-4-5-16(7-9)19(17,18)12-3-2-10(13)6-11(12)14;/h2-3,6,8-9H,4-5,7,15H2,1H3;1H. The Kier molecular flexibility index (Phi) is 5.48. The van der Waals surface area contributed by atoms with Gasteiger partial charge in [0.1, 0.15) is 16.5 Å². The normalized spacial score (nSPS) is 21.5. The molecule has 0 spiro atoms. The van der Waals surface area contributed by atoms with Crippen LogP contribution >= 0.6 is 12.4 Å². The Morgan fingerprint density at radius 1 is 1.40 bits per heavy atom. The SMILES string of the molecule is CC(N)C1CCN(S(=O)(=O)c2ccc(F)cc2F)C1.Cl. The van der Waals surface area contributed by atoms with Crippen molar-refractivity contribution < 1.29 is 17.2 Å². The third-order valence-electron chi connectivity index (χ3n) is 3.44. The molecule has 1 fully saturated rings. The zero-order chi connectivity index (χ0) is 14.2. The van der Waals surface area contributed by atoms with Crippen molar-refractivity contribution in [2.45, 2.75) is 24.3 Å². The number of rotatable bonds is 3. The molecule has 0 amide bonds. The molecule has 1 aliphatic rings. The van der Waals surface area contributed by atoms with E-state index in [4.69, 9.17) is 5.73 Å². The van der Waals surface area contributed by atoms with Gasteiger partial charge < -0.3 is 5.73 Å². The summed E-state index contributed by atoms with van der Waals surface area (Å²) in [5.41, 5.74) is 5.75. The summed E-state index contributed by atoms with van der Waals surface area (Å²) in [5, 5.41) is 0. The number of hydrogen-bond donors (Lipinski definition) is 1. The van der Waals surface area contributed by atoms with Crippen molar-refractivity contribution in [2.24, 2.45) is 11.7 Å². The maximum Gasteiger partial charge on any atom is 0.245 e. The van der Waals surface area contributed by atoms with Gasteiger partial charge in [-0.3, -0.25) is 0 Å². The van der Waals surface area contributed by atoms with E-state index in [9.17, 15) is 17.2 Å². The molecule has 0 aromatic heterocycles. The predicted octanol–water partition coefficient (Wildman–Crippen LogP) is 1.74. The lowest BCUT2D eigenvalue weighted by atomic mass is 10.0. The van der Waals surface area contributed by atoms with Crippen molar-refractivity contribution >= 4 is 22.4 Å². The Bertz CT molecular complexity index is 581. The van der Waals surface area contributed by atoms with Gasteiger partial charge in [0.2, 0.25) is 10.0 Å². The minimum absolute atomic E-state index is 0. The molecule has 8 heteroatoms. The lowest BCUT2D eigenvalue weighted by molar-refractivity contribution is 0.426. The van der Waals surface area contributed by atoms with Gasteiger partial charge in [-0.05, 0) is 31.4 Å². The molecule has 1 aliphatic heterocycles. The summed E-state index contributed by atoms with van der Waals surface area (Å²) < 4.78 is 52.1. The Morgan fingerprint density at radius 2 is 2.05 bits per heavy atom. The van der Waals surface area contributed by atoms with E-state index in [1.165, 1.54) is 4.31 Å². The molecule has 2 N–H and O–H groups in total. The molecule has 0 saturated carbocycles. The lowest BCUT2D eigenvalue weighted by Gasteiger charge is -2.18. The smallest absolute Gasteiger partial charge is 0.245 e. The highest BCUT2D eigenvalue weighted by Gasteiger charge is 2.35. The van der Waals surface area contributed by atoms with Crippen LogP contribution in [0.2, 0.25) is 0 Å². The van der Waals surface area contributed by atoms with Crippen LogP contribution in [0, 0.1) is 17.6 Å². The molecule has 114 valence electrons. The first-order valence-electron chi connectivity index (χ1n) is 6.03. The van der Waals surface area contributed by atoms with Crippen LogP contribution in [0.3, 0.4) is 0 Å². The molecule has 0 aliphatic carbocycles. The van der Waals surface area contributed by atoms with Crippen LogP contribution in [0.4, 0.5) is 8.78 Å². The van der Waals surface area contributed by atoms with Gasteiger partial charge >= 0.3 is 0 Å². The fourth-order valence-corrected chi connectivity index (χ4v) is 3.78. The van der Waals surface area contributed by atoms with Crippen molar-refractivity contribution in [2.75, 3.05) is 13.1 Å². The highest BCUT2D eigenvalue weighted by atomic mass is 35.5. The molecule has 2 unspecified atom stereocenters. The van der Waals surface area contributed by atoms with E-state index >= 15 is 0 Å². The second-order valence-corrected chi connectivity index (χ2v) is 6.75. The number of sulfonamides is 1. The van der Waals surface area contributed by atoms with Crippen LogP contribution in [-0.4, -0.2) is 31.9 Å². The first-order chi connectivity index (χ1) is 8.82. The topological polar surface area (TPSA) is 63.4 Å². The Morgan fingerprint density at radius 3 is 2.55 bits per heavy atom. The van der Waals surface area contributed by atoms with E-state index in [0.717, 1.165) is 12.1 Å². The number of hydrogen-bond acceptors (Lipinski definition) is 3. The van der Waals surface area contributed by atoms with Crippen LogP contribution in [-0.2, 0) is 10.0 Å². The highest BCUT2D eigenvalue weighted by Crippen LogP contribution is 2.27. The summed E-state index contributed by atoms with van der Waals surface area (Å²) in [6, 6.07) is 2.36. The van der Waals surface area contributed by atoms with E-state index in [-0.39, 0.29) is 30.9 Å². The zero-order valence-corrected chi connectivity index (χ0v) is 12.6. The minimum Gasteiger partial charge on any atom is -0.328 e. The average Bonchev–Trinajstić information content (AvgIpc) is 2.78. The second-order valence-electron chi connectivity index (χ2n) is 4.85. The third-order valence-corrected chi connectivity index (χ3v) is 5.34. The highest BCUT2D eigenvalue weighted by molar-refractivity contribution is 7.89. The number of benzene rings is 1.